The summed E-state index contributed by atoms with van der Waals surface area (Å²) < 4.78 is 21.4. The summed E-state index contributed by atoms with van der Waals surface area (Å²) in [6, 6.07) is 0. The number of hydrogen-bond acceptors (Lipinski definition) is 2. The Morgan fingerprint density at radius 2 is 1.75 bits per heavy atom. The van der Waals surface area contributed by atoms with E-state index in [4.69, 9.17) is 14.4 Å². The molecule has 8 heteroatoms. The van der Waals surface area contributed by atoms with Gasteiger partial charge < -0.3 is 15.5 Å². The zero-order chi connectivity index (χ0) is 5.21. The van der Waals surface area contributed by atoms with E-state index in [9.17, 15) is 4.53 Å². The van der Waals surface area contributed by atoms with Crippen molar-refractivity contribution in [3.05, 3.63) is 0 Å². The van der Waals surface area contributed by atoms with Gasteiger partial charge in [0.25, 0.3) is 0 Å². The third-order valence-corrected chi connectivity index (χ3v) is 0.270. The Morgan fingerprint density at radius 1 is 1.62 bits per heavy atom. The Bertz CT molecular complexity index is 91.1. The second-order valence-electron chi connectivity index (χ2n) is 0.560. The fourth-order valence-corrected chi connectivity index (χ4v) is 0. The van der Waals surface area contributed by atoms with Crippen LogP contribution in [0.15, 0.2) is 0 Å². The SMILES string of the molecule is O=P(O)(O)OF.[Ca+2].[H-].[H-].[H-].[H-].[Mg+2]. The van der Waals surface area contributed by atoms with Crippen molar-refractivity contribution in [1.29, 1.82) is 0 Å². The molecule has 0 aliphatic rings. The van der Waals surface area contributed by atoms with Gasteiger partial charge in [0.1, 0.15) is 0 Å². The van der Waals surface area contributed by atoms with Crippen LogP contribution in [0.2, 0.25) is 0 Å². The molecule has 0 radical (unpaired) electrons. The van der Waals surface area contributed by atoms with Gasteiger partial charge in [-0.25, -0.2) is 4.57 Å². The van der Waals surface area contributed by atoms with Crippen LogP contribution in [0.25, 0.3) is 0 Å². The standard InChI is InChI=1S/Ca.FH2O4P.Mg.4H/c;1-5-6(2,3)4;;;;;/h;(H2,2,3,4);;;;;/q+2;;+2;4*-1. The molecule has 46 valence electrons. The van der Waals surface area contributed by atoms with Gasteiger partial charge in [0, 0.05) is 0 Å². The van der Waals surface area contributed by atoms with Crippen LogP contribution < -0.4 is 0 Å². The summed E-state index contributed by atoms with van der Waals surface area (Å²) in [7, 11) is -4.81. The molecule has 0 aromatic heterocycles. The van der Waals surface area contributed by atoms with Gasteiger partial charge in [-0.3, -0.25) is 0 Å². The minimum atomic E-state index is -4.81. The van der Waals surface area contributed by atoms with E-state index in [1.165, 1.54) is 0 Å². The maximum atomic E-state index is 10.2. The van der Waals surface area contributed by atoms with Crippen LogP contribution in [0.3, 0.4) is 0 Å². The van der Waals surface area contributed by atoms with Gasteiger partial charge in [0.2, 0.25) is 0 Å². The molecule has 0 fully saturated rings. The molecule has 4 nitrogen and oxygen atoms in total. The number of rotatable bonds is 1. The van der Waals surface area contributed by atoms with Crippen molar-refractivity contribution in [3.8, 4) is 0 Å². The Labute approximate surface area is 97.0 Å². The van der Waals surface area contributed by atoms with E-state index in [0.717, 1.165) is 0 Å². The molecule has 0 amide bonds. The topological polar surface area (TPSA) is 66.8 Å². The molecule has 0 aromatic carbocycles. The summed E-state index contributed by atoms with van der Waals surface area (Å²) in [5, 5.41) is 0. The summed E-state index contributed by atoms with van der Waals surface area (Å²) >= 11 is 0. The molecule has 0 heterocycles. The van der Waals surface area contributed by atoms with E-state index in [-0.39, 0.29) is 66.5 Å². The fraction of sp³-hybridized carbons (Fsp3) is 0. The predicted molar refractivity (Wildman–Crippen MR) is 30.2 cm³/mol. The molecule has 0 saturated heterocycles. The summed E-state index contributed by atoms with van der Waals surface area (Å²) in [5.74, 6) is 0. The third-order valence-electron chi connectivity index (χ3n) is 0.0899. The first-order chi connectivity index (χ1) is 2.56. The molecule has 0 aliphatic heterocycles. The molecule has 0 bridgehead atoms. The molecule has 0 unspecified atom stereocenters. The van der Waals surface area contributed by atoms with Crippen LogP contribution in [0.1, 0.15) is 5.71 Å². The Morgan fingerprint density at radius 3 is 1.75 bits per heavy atom. The van der Waals surface area contributed by atoms with Crippen LogP contribution in [0.5, 0.6) is 0 Å². The zero-order valence-corrected chi connectivity index (χ0v) is 8.47. The van der Waals surface area contributed by atoms with Gasteiger partial charge in [-0.2, -0.15) is 0 Å². The van der Waals surface area contributed by atoms with E-state index in [1.54, 1.807) is 0 Å². The summed E-state index contributed by atoms with van der Waals surface area (Å²) in [6.45, 7) is 0. The Kier molecular flexibility index (Phi) is 14.9. The van der Waals surface area contributed by atoms with Crippen LogP contribution in [0.4, 0.5) is 4.53 Å². The number of hydrogen-bond donors (Lipinski definition) is 2. The first-order valence-electron chi connectivity index (χ1n) is 0.919. The normalized spacial score (nSPS) is 8.88. The van der Waals surface area contributed by atoms with Crippen LogP contribution >= 0.6 is 7.82 Å². The number of phosphoric acid groups is 1. The van der Waals surface area contributed by atoms with Gasteiger partial charge in [-0.15, -0.1) is 0 Å². The monoisotopic (exact) mass is 184 g/mol. The van der Waals surface area contributed by atoms with Crippen molar-refractivity contribution in [2.75, 3.05) is 0 Å². The molecular formula is H6CaFMgO4P. The van der Waals surface area contributed by atoms with Crippen molar-refractivity contribution in [1.82, 2.24) is 0 Å². The van der Waals surface area contributed by atoms with Crippen molar-refractivity contribution in [2.24, 2.45) is 0 Å². The maximum Gasteiger partial charge on any atom is 2.00 e. The minimum absolute atomic E-state index is 0. The molecular weight excluding hydrogens is 178 g/mol. The average Bonchev–Trinajstić information content (AvgIpc) is 1.35. The Hall–Kier alpha value is 2.07. The van der Waals surface area contributed by atoms with Crippen molar-refractivity contribution in [3.63, 3.8) is 0 Å². The van der Waals surface area contributed by atoms with Crippen molar-refractivity contribution in [2.45, 2.75) is 0 Å². The molecule has 0 saturated carbocycles. The summed E-state index contributed by atoms with van der Waals surface area (Å²) in [4.78, 5) is 14.7. The number of halogens is 1. The second-order valence-corrected chi connectivity index (χ2v) is 1.68. The molecule has 0 aliphatic carbocycles. The van der Waals surface area contributed by atoms with Crippen molar-refractivity contribution >= 4 is 68.6 Å². The van der Waals surface area contributed by atoms with E-state index in [2.05, 4.69) is 4.73 Å². The zero-order valence-electron chi connectivity index (χ0n) is 7.95. The van der Waals surface area contributed by atoms with Gasteiger partial charge in [0.05, 0.1) is 0 Å². The van der Waals surface area contributed by atoms with Crippen LogP contribution in [0, 0.1) is 0 Å². The maximum absolute atomic E-state index is 10.2. The molecule has 0 spiro atoms. The first kappa shape index (κ1) is 16.6. The van der Waals surface area contributed by atoms with Gasteiger partial charge >= 0.3 is 68.6 Å². The minimum Gasteiger partial charge on any atom is -1.00 e. The van der Waals surface area contributed by atoms with E-state index in [0.29, 0.717) is 0 Å². The van der Waals surface area contributed by atoms with Crippen LogP contribution in [-0.2, 0) is 9.29 Å². The second kappa shape index (κ2) is 7.18. The molecule has 0 atom stereocenters. The molecule has 2 N–H and O–H groups in total. The molecule has 8 heavy (non-hydrogen) atoms. The van der Waals surface area contributed by atoms with E-state index >= 15 is 0 Å². The fourth-order valence-electron chi connectivity index (χ4n) is 0. The first-order valence-corrected chi connectivity index (χ1v) is 2.45. The van der Waals surface area contributed by atoms with Gasteiger partial charge in [-0.1, -0.05) is 4.73 Å². The Balaban J connectivity index is -0.00000000833. The van der Waals surface area contributed by atoms with E-state index < -0.39 is 7.82 Å². The molecule has 0 aromatic rings. The molecule has 0 rings (SSSR count). The predicted octanol–water partition coefficient (Wildman–Crippen LogP) is -0.331. The smallest absolute Gasteiger partial charge is 1.00 e. The van der Waals surface area contributed by atoms with E-state index in [1.807, 2.05) is 0 Å². The van der Waals surface area contributed by atoms with Crippen LogP contribution in [-0.4, -0.2) is 70.6 Å². The quantitative estimate of drug-likeness (QED) is 0.432. The average molecular weight is 184 g/mol. The van der Waals surface area contributed by atoms with Gasteiger partial charge in [0.15, 0.2) is 0 Å². The van der Waals surface area contributed by atoms with Crippen molar-refractivity contribution < 1.29 is 29.3 Å². The van der Waals surface area contributed by atoms with Gasteiger partial charge in [-0.05, 0) is 4.53 Å². The summed E-state index contributed by atoms with van der Waals surface area (Å²) in [5.41, 5.74) is 0. The third kappa shape index (κ3) is 15.7. The largest absolute Gasteiger partial charge is 2.00 e. The summed E-state index contributed by atoms with van der Waals surface area (Å²) in [6.07, 6.45) is 0.